The van der Waals surface area contributed by atoms with Crippen LogP contribution in [0.25, 0.3) is 0 Å². The van der Waals surface area contributed by atoms with E-state index in [-0.39, 0.29) is 34.7 Å². The number of nitrogens with one attached hydrogen (secondary N) is 1. The highest BCUT2D eigenvalue weighted by molar-refractivity contribution is 6.22. The molecule has 0 aromatic heterocycles. The minimum absolute atomic E-state index is 0.0698. The maximum atomic E-state index is 12.9. The molecule has 3 aromatic carbocycles. The van der Waals surface area contributed by atoms with Crippen LogP contribution in [0.2, 0.25) is 0 Å². The zero-order chi connectivity index (χ0) is 23.5. The van der Waals surface area contributed by atoms with Crippen LogP contribution in [-0.2, 0) is 6.42 Å². The Hall–Kier alpha value is -4.33. The molecule has 0 spiro atoms. The topological polar surface area (TPSA) is 105 Å². The van der Waals surface area contributed by atoms with Crippen LogP contribution in [0.1, 0.15) is 36.6 Å². The summed E-state index contributed by atoms with van der Waals surface area (Å²) < 4.78 is 10.5. The van der Waals surface area contributed by atoms with Gasteiger partial charge in [0, 0.05) is 12.1 Å². The zero-order valence-electron chi connectivity index (χ0n) is 18.1. The Kier molecular flexibility index (Phi) is 5.99. The van der Waals surface area contributed by atoms with Gasteiger partial charge in [0.15, 0.2) is 11.5 Å². The molecule has 2 N–H and O–H groups in total. The van der Waals surface area contributed by atoms with Crippen molar-refractivity contribution in [1.82, 2.24) is 4.90 Å². The van der Waals surface area contributed by atoms with E-state index < -0.39 is 17.7 Å². The molecule has 3 aromatic rings. The molecule has 0 aliphatic carbocycles. The van der Waals surface area contributed by atoms with Crippen LogP contribution in [0, 0.1) is 0 Å². The van der Waals surface area contributed by atoms with Gasteiger partial charge in [0.25, 0.3) is 17.7 Å². The largest absolute Gasteiger partial charge is 0.506 e. The Bertz CT molecular complexity index is 1250. The number of hydrogen-bond donors (Lipinski definition) is 2. The minimum atomic E-state index is -0.497. The molecular weight excluding hydrogens is 424 g/mol. The first-order valence-electron chi connectivity index (χ1n) is 10.2. The molecule has 1 aliphatic heterocycles. The maximum absolute atomic E-state index is 12.9. The number of phenols is 1. The summed E-state index contributed by atoms with van der Waals surface area (Å²) in [6, 6.07) is 16.1. The lowest BCUT2D eigenvalue weighted by molar-refractivity contribution is 0.0656. The number of carbonyl (C=O) groups excluding carboxylic acids is 3. The van der Waals surface area contributed by atoms with E-state index in [4.69, 9.17) is 9.47 Å². The fourth-order valence-electron chi connectivity index (χ4n) is 3.69. The Morgan fingerprint density at radius 3 is 2.36 bits per heavy atom. The van der Waals surface area contributed by atoms with Crippen molar-refractivity contribution in [3.63, 3.8) is 0 Å². The Labute approximate surface area is 190 Å². The second-order valence-corrected chi connectivity index (χ2v) is 7.43. The van der Waals surface area contributed by atoms with Gasteiger partial charge in [-0.25, -0.2) is 0 Å². The number of imide groups is 1. The second-order valence-electron chi connectivity index (χ2n) is 7.43. The molecule has 0 unspecified atom stereocenters. The molecule has 0 atom stereocenters. The Morgan fingerprint density at radius 1 is 0.909 bits per heavy atom. The smallest absolute Gasteiger partial charge is 0.261 e. The standard InChI is InChI=1S/C25H22N2O6/c1-32-21-10-7-15(13-22(21)33-2)11-12-27-24(30)17-9-8-16(14-18(17)25(27)31)23(29)26-19-5-3-4-6-20(19)28/h3-10,13-14,28H,11-12H2,1-2H3,(H,26,29). The SMILES string of the molecule is COc1ccc(CCN2C(=O)c3ccc(C(=O)Nc4ccccc4O)cc3C2=O)cc1OC. The number of rotatable bonds is 7. The third-order valence-corrected chi connectivity index (χ3v) is 5.46. The summed E-state index contributed by atoms with van der Waals surface area (Å²) in [5.41, 5.74) is 1.78. The summed E-state index contributed by atoms with van der Waals surface area (Å²) in [6.07, 6.45) is 0.437. The summed E-state index contributed by atoms with van der Waals surface area (Å²) >= 11 is 0. The van der Waals surface area contributed by atoms with Crippen LogP contribution in [0.15, 0.2) is 60.7 Å². The molecule has 8 nitrogen and oxygen atoms in total. The summed E-state index contributed by atoms with van der Waals surface area (Å²) in [4.78, 5) is 39.5. The average molecular weight is 446 g/mol. The third-order valence-electron chi connectivity index (χ3n) is 5.46. The third kappa shape index (κ3) is 4.23. The maximum Gasteiger partial charge on any atom is 0.261 e. The van der Waals surface area contributed by atoms with Crippen molar-refractivity contribution in [2.75, 3.05) is 26.1 Å². The van der Waals surface area contributed by atoms with E-state index in [1.807, 2.05) is 6.07 Å². The van der Waals surface area contributed by atoms with Gasteiger partial charge < -0.3 is 19.9 Å². The van der Waals surface area contributed by atoms with Crippen molar-refractivity contribution in [3.8, 4) is 17.2 Å². The van der Waals surface area contributed by atoms with Gasteiger partial charge in [-0.3, -0.25) is 19.3 Å². The molecule has 0 saturated carbocycles. The van der Waals surface area contributed by atoms with E-state index in [0.29, 0.717) is 17.9 Å². The van der Waals surface area contributed by atoms with Gasteiger partial charge in [-0.15, -0.1) is 0 Å². The van der Waals surface area contributed by atoms with E-state index in [0.717, 1.165) is 5.56 Å². The molecule has 3 amide bonds. The highest BCUT2D eigenvalue weighted by Gasteiger charge is 2.35. The van der Waals surface area contributed by atoms with Crippen LogP contribution in [-0.4, -0.2) is 48.5 Å². The quantitative estimate of drug-likeness (QED) is 0.425. The normalized spacial score (nSPS) is 12.5. The number of ether oxygens (including phenoxy) is 2. The number of phenolic OH excluding ortho intramolecular Hbond substituents is 1. The van der Waals surface area contributed by atoms with Crippen molar-refractivity contribution in [2.45, 2.75) is 6.42 Å². The zero-order valence-corrected chi connectivity index (χ0v) is 18.1. The van der Waals surface area contributed by atoms with Crippen molar-refractivity contribution >= 4 is 23.4 Å². The highest BCUT2D eigenvalue weighted by atomic mass is 16.5. The molecular formula is C25H22N2O6. The van der Waals surface area contributed by atoms with E-state index in [2.05, 4.69) is 5.32 Å². The predicted molar refractivity (Wildman–Crippen MR) is 121 cm³/mol. The Balaban J connectivity index is 1.49. The van der Waals surface area contributed by atoms with Crippen molar-refractivity contribution in [2.24, 2.45) is 0 Å². The number of benzene rings is 3. The predicted octanol–water partition coefficient (Wildman–Crippen LogP) is 3.50. The summed E-state index contributed by atoms with van der Waals surface area (Å²) in [5, 5.41) is 12.5. The van der Waals surface area contributed by atoms with Crippen molar-refractivity contribution in [1.29, 1.82) is 0 Å². The molecule has 4 rings (SSSR count). The van der Waals surface area contributed by atoms with Crippen LogP contribution < -0.4 is 14.8 Å². The summed E-state index contributed by atoms with van der Waals surface area (Å²) in [5.74, 6) is -0.257. The van der Waals surface area contributed by atoms with Gasteiger partial charge in [0.05, 0.1) is 31.0 Å². The fraction of sp³-hybridized carbons (Fsp3) is 0.160. The van der Waals surface area contributed by atoms with E-state index in [9.17, 15) is 19.5 Å². The number of carbonyl (C=O) groups is 3. The van der Waals surface area contributed by atoms with Crippen LogP contribution in [0.3, 0.4) is 0 Å². The monoisotopic (exact) mass is 446 g/mol. The van der Waals surface area contributed by atoms with Crippen molar-refractivity contribution < 1.29 is 29.0 Å². The number of hydrogen-bond acceptors (Lipinski definition) is 6. The molecule has 0 saturated heterocycles. The average Bonchev–Trinajstić information content (AvgIpc) is 3.07. The molecule has 0 bridgehead atoms. The minimum Gasteiger partial charge on any atom is -0.506 e. The lowest BCUT2D eigenvalue weighted by Gasteiger charge is -2.14. The van der Waals surface area contributed by atoms with Gasteiger partial charge in [0.1, 0.15) is 5.75 Å². The Morgan fingerprint density at radius 2 is 1.64 bits per heavy atom. The highest BCUT2D eigenvalue weighted by Crippen LogP contribution is 2.29. The number of fused-ring (bicyclic) bond motifs is 1. The molecule has 168 valence electrons. The number of para-hydroxylation sites is 2. The fourth-order valence-corrected chi connectivity index (χ4v) is 3.69. The molecule has 0 radical (unpaired) electrons. The second kappa shape index (κ2) is 9.04. The van der Waals surface area contributed by atoms with E-state index in [1.54, 1.807) is 44.6 Å². The summed E-state index contributed by atoms with van der Waals surface area (Å²) in [7, 11) is 3.09. The van der Waals surface area contributed by atoms with Gasteiger partial charge in [-0.2, -0.15) is 0 Å². The first kappa shape index (κ1) is 21.9. The van der Waals surface area contributed by atoms with Crippen LogP contribution in [0.5, 0.6) is 17.2 Å². The number of amides is 3. The van der Waals surface area contributed by atoms with E-state index >= 15 is 0 Å². The molecule has 33 heavy (non-hydrogen) atoms. The molecule has 8 heteroatoms. The molecule has 1 heterocycles. The number of nitrogens with zero attached hydrogens (tertiary/aromatic N) is 1. The summed E-state index contributed by atoms with van der Waals surface area (Å²) in [6.45, 7) is 0.182. The molecule has 0 fully saturated rings. The van der Waals surface area contributed by atoms with Gasteiger partial charge in [-0.1, -0.05) is 18.2 Å². The lowest BCUT2D eigenvalue weighted by Crippen LogP contribution is -2.31. The van der Waals surface area contributed by atoms with Gasteiger partial charge in [0.2, 0.25) is 0 Å². The number of aromatic hydroxyl groups is 1. The van der Waals surface area contributed by atoms with Gasteiger partial charge in [-0.05, 0) is 54.4 Å². The van der Waals surface area contributed by atoms with Crippen LogP contribution >= 0.6 is 0 Å². The van der Waals surface area contributed by atoms with Crippen LogP contribution in [0.4, 0.5) is 5.69 Å². The first-order chi connectivity index (χ1) is 15.9. The number of methoxy groups -OCH3 is 2. The van der Waals surface area contributed by atoms with Crippen molar-refractivity contribution in [3.05, 3.63) is 82.9 Å². The van der Waals surface area contributed by atoms with Gasteiger partial charge >= 0.3 is 0 Å². The first-order valence-corrected chi connectivity index (χ1v) is 10.2. The number of anilines is 1. The van der Waals surface area contributed by atoms with E-state index in [1.165, 1.54) is 29.2 Å². The molecule has 1 aliphatic rings. The lowest BCUT2D eigenvalue weighted by atomic mass is 10.1.